The Bertz CT molecular complexity index is 683. The summed E-state index contributed by atoms with van der Waals surface area (Å²) in [7, 11) is 1.95. The first-order chi connectivity index (χ1) is 11.1. The van der Waals surface area contributed by atoms with Crippen LogP contribution >= 0.6 is 0 Å². The summed E-state index contributed by atoms with van der Waals surface area (Å²) in [5.41, 5.74) is 1.11. The van der Waals surface area contributed by atoms with E-state index in [0.717, 1.165) is 23.7 Å². The normalized spacial score (nSPS) is 18.0. The summed E-state index contributed by atoms with van der Waals surface area (Å²) in [6.07, 6.45) is 3.66. The lowest BCUT2D eigenvalue weighted by molar-refractivity contribution is -0.137. The molecule has 6 heteroatoms. The molecule has 1 fully saturated rings. The van der Waals surface area contributed by atoms with Crippen LogP contribution in [0.15, 0.2) is 36.7 Å². The molecule has 2 heterocycles. The molecule has 1 saturated heterocycles. The molecule has 1 N–H and O–H groups in total. The molecule has 1 aliphatic rings. The third-order valence-corrected chi connectivity index (χ3v) is 4.07. The average molecular weight is 314 g/mol. The van der Waals surface area contributed by atoms with Gasteiger partial charge in [-0.05, 0) is 24.6 Å². The summed E-state index contributed by atoms with van der Waals surface area (Å²) in [5.74, 6) is 1.60. The zero-order chi connectivity index (χ0) is 16.2. The number of rotatable bonds is 4. The van der Waals surface area contributed by atoms with E-state index in [-0.39, 0.29) is 18.6 Å². The molecule has 1 unspecified atom stereocenters. The number of nitrogens with zero attached hydrogens (tertiary/aromatic N) is 3. The van der Waals surface area contributed by atoms with Gasteiger partial charge in [0.05, 0.1) is 0 Å². The van der Waals surface area contributed by atoms with Crippen molar-refractivity contribution in [1.82, 2.24) is 19.8 Å². The molecular formula is C17H22N4O2. The van der Waals surface area contributed by atoms with Gasteiger partial charge in [-0.25, -0.2) is 4.98 Å². The predicted octanol–water partition coefficient (Wildman–Crippen LogP) is 1.28. The number of hydrogen-bond acceptors (Lipinski definition) is 4. The van der Waals surface area contributed by atoms with Gasteiger partial charge >= 0.3 is 0 Å². The van der Waals surface area contributed by atoms with E-state index in [1.54, 1.807) is 6.20 Å². The second kappa shape index (κ2) is 6.83. The van der Waals surface area contributed by atoms with Crippen LogP contribution in [0.25, 0.3) is 0 Å². The number of amides is 1. The minimum absolute atomic E-state index is 0.0130. The molecule has 1 atom stereocenters. The Morgan fingerprint density at radius 1 is 1.48 bits per heavy atom. The molecular weight excluding hydrogens is 292 g/mol. The van der Waals surface area contributed by atoms with E-state index < -0.39 is 0 Å². The Labute approximate surface area is 136 Å². The van der Waals surface area contributed by atoms with Crippen molar-refractivity contribution in [3.05, 3.63) is 48.0 Å². The van der Waals surface area contributed by atoms with Gasteiger partial charge in [0.2, 0.25) is 0 Å². The van der Waals surface area contributed by atoms with E-state index in [1.165, 1.54) is 0 Å². The highest BCUT2D eigenvalue weighted by atomic mass is 16.5. The standard InChI is InChI=1S/C17H22N4O2/c1-13-4-3-5-14(10-13)23-12-16(22)21-9-6-18-11-15(21)17-19-7-8-20(17)2/h3-5,7-8,10,15,18H,6,9,11-12H2,1-2H3. The average Bonchev–Trinajstić information content (AvgIpc) is 2.98. The number of piperazine rings is 1. The molecule has 0 aliphatic carbocycles. The van der Waals surface area contributed by atoms with Crippen molar-refractivity contribution in [2.75, 3.05) is 26.2 Å². The molecule has 0 spiro atoms. The summed E-state index contributed by atoms with van der Waals surface area (Å²) in [6.45, 7) is 4.21. The molecule has 23 heavy (non-hydrogen) atoms. The predicted molar refractivity (Wildman–Crippen MR) is 87.2 cm³/mol. The van der Waals surface area contributed by atoms with Crippen LogP contribution in [0.1, 0.15) is 17.4 Å². The number of nitrogens with one attached hydrogen (secondary N) is 1. The zero-order valence-electron chi connectivity index (χ0n) is 13.5. The Kier molecular flexibility index (Phi) is 4.62. The lowest BCUT2D eigenvalue weighted by Gasteiger charge is -2.35. The minimum Gasteiger partial charge on any atom is -0.484 e. The Morgan fingerprint density at radius 3 is 3.09 bits per heavy atom. The van der Waals surface area contributed by atoms with E-state index in [9.17, 15) is 4.79 Å². The van der Waals surface area contributed by atoms with Crippen LogP contribution in [0.3, 0.4) is 0 Å². The smallest absolute Gasteiger partial charge is 0.261 e. The van der Waals surface area contributed by atoms with Crippen LogP contribution in [0.5, 0.6) is 5.75 Å². The Morgan fingerprint density at radius 2 is 2.35 bits per heavy atom. The van der Waals surface area contributed by atoms with Crippen LogP contribution in [-0.4, -0.2) is 46.6 Å². The van der Waals surface area contributed by atoms with Crippen LogP contribution < -0.4 is 10.1 Å². The van der Waals surface area contributed by atoms with E-state index in [1.807, 2.05) is 53.9 Å². The third kappa shape index (κ3) is 3.53. The second-order valence-corrected chi connectivity index (χ2v) is 5.81. The summed E-state index contributed by atoms with van der Waals surface area (Å²) in [6, 6.07) is 7.67. The van der Waals surface area contributed by atoms with Crippen molar-refractivity contribution >= 4 is 5.91 Å². The van der Waals surface area contributed by atoms with Gasteiger partial charge in [0.1, 0.15) is 17.6 Å². The van der Waals surface area contributed by atoms with E-state index in [0.29, 0.717) is 13.1 Å². The van der Waals surface area contributed by atoms with Gasteiger partial charge in [0.15, 0.2) is 6.61 Å². The second-order valence-electron chi connectivity index (χ2n) is 5.81. The molecule has 6 nitrogen and oxygen atoms in total. The van der Waals surface area contributed by atoms with Crippen LogP contribution in [-0.2, 0) is 11.8 Å². The quantitative estimate of drug-likeness (QED) is 0.923. The molecule has 1 aliphatic heterocycles. The molecule has 3 rings (SSSR count). The number of aryl methyl sites for hydroxylation is 2. The first kappa shape index (κ1) is 15.6. The fourth-order valence-electron chi connectivity index (χ4n) is 2.86. The van der Waals surface area contributed by atoms with Gasteiger partial charge in [-0.1, -0.05) is 12.1 Å². The summed E-state index contributed by atoms with van der Waals surface area (Å²) < 4.78 is 7.62. The van der Waals surface area contributed by atoms with Gasteiger partial charge in [-0.2, -0.15) is 0 Å². The number of carbonyl (C=O) groups excluding carboxylic acids is 1. The van der Waals surface area contributed by atoms with Crippen molar-refractivity contribution in [3.8, 4) is 5.75 Å². The summed E-state index contributed by atoms with van der Waals surface area (Å²) >= 11 is 0. The lowest BCUT2D eigenvalue weighted by Crippen LogP contribution is -2.50. The minimum atomic E-state index is -0.0580. The zero-order valence-corrected chi connectivity index (χ0v) is 13.5. The molecule has 2 aromatic rings. The molecule has 0 bridgehead atoms. The topological polar surface area (TPSA) is 59.4 Å². The van der Waals surface area contributed by atoms with E-state index >= 15 is 0 Å². The Balaban J connectivity index is 1.68. The van der Waals surface area contributed by atoms with Crippen molar-refractivity contribution in [3.63, 3.8) is 0 Å². The van der Waals surface area contributed by atoms with E-state index in [4.69, 9.17) is 4.74 Å². The molecule has 1 aromatic carbocycles. The number of benzene rings is 1. The van der Waals surface area contributed by atoms with E-state index in [2.05, 4.69) is 10.3 Å². The summed E-state index contributed by atoms with van der Waals surface area (Å²) in [4.78, 5) is 18.9. The van der Waals surface area contributed by atoms with Gasteiger partial charge in [0.25, 0.3) is 5.91 Å². The maximum Gasteiger partial charge on any atom is 0.261 e. The highest BCUT2D eigenvalue weighted by Gasteiger charge is 2.30. The van der Waals surface area contributed by atoms with Crippen molar-refractivity contribution < 1.29 is 9.53 Å². The van der Waals surface area contributed by atoms with Gasteiger partial charge < -0.3 is 19.5 Å². The number of carbonyl (C=O) groups is 1. The highest BCUT2D eigenvalue weighted by molar-refractivity contribution is 5.78. The van der Waals surface area contributed by atoms with Crippen molar-refractivity contribution in [2.45, 2.75) is 13.0 Å². The fraction of sp³-hybridized carbons (Fsp3) is 0.412. The number of hydrogen-bond donors (Lipinski definition) is 1. The third-order valence-electron chi connectivity index (χ3n) is 4.07. The lowest BCUT2D eigenvalue weighted by atomic mass is 10.1. The number of aromatic nitrogens is 2. The molecule has 0 saturated carbocycles. The highest BCUT2D eigenvalue weighted by Crippen LogP contribution is 2.21. The van der Waals surface area contributed by atoms with Crippen LogP contribution in [0.2, 0.25) is 0 Å². The largest absolute Gasteiger partial charge is 0.484 e. The maximum atomic E-state index is 12.6. The monoisotopic (exact) mass is 314 g/mol. The molecule has 1 amide bonds. The number of ether oxygens (including phenoxy) is 1. The SMILES string of the molecule is Cc1cccc(OCC(=O)N2CCNCC2c2nccn2C)c1. The number of imidazole rings is 1. The maximum absolute atomic E-state index is 12.6. The van der Waals surface area contributed by atoms with Gasteiger partial charge in [0, 0.05) is 39.1 Å². The van der Waals surface area contributed by atoms with Crippen molar-refractivity contribution in [1.29, 1.82) is 0 Å². The summed E-state index contributed by atoms with van der Waals surface area (Å²) in [5, 5.41) is 3.33. The van der Waals surface area contributed by atoms with Crippen LogP contribution in [0, 0.1) is 6.92 Å². The van der Waals surface area contributed by atoms with Crippen molar-refractivity contribution in [2.24, 2.45) is 7.05 Å². The molecule has 1 aromatic heterocycles. The Hall–Kier alpha value is -2.34. The fourth-order valence-corrected chi connectivity index (χ4v) is 2.86. The first-order valence-electron chi connectivity index (χ1n) is 7.82. The molecule has 0 radical (unpaired) electrons. The van der Waals surface area contributed by atoms with Crippen LogP contribution in [0.4, 0.5) is 0 Å². The first-order valence-corrected chi connectivity index (χ1v) is 7.82. The van der Waals surface area contributed by atoms with Gasteiger partial charge in [-0.15, -0.1) is 0 Å². The van der Waals surface area contributed by atoms with Gasteiger partial charge in [-0.3, -0.25) is 4.79 Å². The molecule has 122 valence electrons.